The standard InChI is InChI=1S/C37H39F2N7O5/c1-36-15-22(16-40)18-46(19-36)33-27-17-41-31(26-14-24(47)13-23-4-5-28(38)25(29(23)26)3-2-10-50-35(48)44-36)30(39)32(27)42-34(43-33)51-21-37(6-7-37)20-45-8-11-49-12-9-45/h4-5,13-14,17,22,47H,2-3,6-12,15,18-21H2,1H3,(H,44,48)/t22-,36+/m1/s1. The monoisotopic (exact) mass is 699 g/mol. The maximum atomic E-state index is 17.1. The summed E-state index contributed by atoms with van der Waals surface area (Å²) < 4.78 is 50.0. The van der Waals surface area contributed by atoms with Crippen LogP contribution in [0.1, 0.15) is 38.2 Å². The van der Waals surface area contributed by atoms with Gasteiger partial charge in [-0.2, -0.15) is 15.2 Å². The van der Waals surface area contributed by atoms with E-state index in [0.29, 0.717) is 42.8 Å². The average Bonchev–Trinajstić information content (AvgIpc) is 3.88. The van der Waals surface area contributed by atoms with Crippen LogP contribution in [0.3, 0.4) is 0 Å². The number of pyridine rings is 1. The summed E-state index contributed by atoms with van der Waals surface area (Å²) in [5.41, 5.74) is -0.689. The van der Waals surface area contributed by atoms with E-state index >= 15 is 8.78 Å². The van der Waals surface area contributed by atoms with Crippen LogP contribution >= 0.6 is 0 Å². The Kier molecular flexibility index (Phi) is 8.50. The highest BCUT2D eigenvalue weighted by Crippen LogP contribution is 2.47. The molecule has 1 amide bonds. The summed E-state index contributed by atoms with van der Waals surface area (Å²) in [6.45, 7) is 6.59. The van der Waals surface area contributed by atoms with Gasteiger partial charge in [-0.3, -0.25) is 9.88 Å². The van der Waals surface area contributed by atoms with Crippen molar-refractivity contribution in [2.75, 3.05) is 64.1 Å². The Bertz CT molecular complexity index is 2070. The zero-order chi connectivity index (χ0) is 35.3. The van der Waals surface area contributed by atoms with E-state index in [1.807, 2.05) is 11.8 Å². The van der Waals surface area contributed by atoms with Gasteiger partial charge in [-0.25, -0.2) is 13.6 Å². The number of rotatable bonds is 5. The third-order valence-corrected chi connectivity index (χ3v) is 10.5. The first-order valence-corrected chi connectivity index (χ1v) is 17.5. The van der Waals surface area contributed by atoms with Gasteiger partial charge in [-0.1, -0.05) is 6.07 Å². The molecule has 4 aliphatic heterocycles. The second-order valence-corrected chi connectivity index (χ2v) is 14.6. The van der Waals surface area contributed by atoms with Crippen LogP contribution in [-0.2, 0) is 15.9 Å². The van der Waals surface area contributed by atoms with Gasteiger partial charge >= 0.3 is 12.1 Å². The Morgan fingerprint density at radius 2 is 2.00 bits per heavy atom. The van der Waals surface area contributed by atoms with E-state index in [-0.39, 0.29) is 77.4 Å². The number of carbonyl (C=O) groups excluding carboxylic acids is 1. The van der Waals surface area contributed by atoms with Crippen LogP contribution in [0, 0.1) is 34.3 Å². The average molecular weight is 700 g/mol. The fraction of sp³-hybridized carbons (Fsp3) is 0.486. The van der Waals surface area contributed by atoms with Crippen molar-refractivity contribution in [3.05, 3.63) is 47.7 Å². The molecule has 1 aliphatic carbocycles. The number of benzene rings is 2. The fourth-order valence-corrected chi connectivity index (χ4v) is 7.88. The zero-order valence-corrected chi connectivity index (χ0v) is 28.4. The molecule has 14 heteroatoms. The van der Waals surface area contributed by atoms with Crippen LogP contribution in [0.2, 0.25) is 0 Å². The van der Waals surface area contributed by atoms with E-state index in [2.05, 4.69) is 26.3 Å². The fourth-order valence-electron chi connectivity index (χ4n) is 7.88. The largest absolute Gasteiger partial charge is 0.508 e. The number of aromatic hydroxyl groups is 1. The molecular formula is C37H39F2N7O5. The predicted molar refractivity (Wildman–Crippen MR) is 183 cm³/mol. The first-order chi connectivity index (χ1) is 24.6. The van der Waals surface area contributed by atoms with Gasteiger partial charge in [0.15, 0.2) is 5.82 Å². The number of phenols is 1. The third kappa shape index (κ3) is 6.56. The highest BCUT2D eigenvalue weighted by Gasteiger charge is 2.45. The summed E-state index contributed by atoms with van der Waals surface area (Å²) in [7, 11) is 0. The summed E-state index contributed by atoms with van der Waals surface area (Å²) in [5, 5.41) is 24.9. The summed E-state index contributed by atoms with van der Waals surface area (Å²) in [6.07, 6.45) is 3.57. The molecule has 0 spiro atoms. The van der Waals surface area contributed by atoms with Gasteiger partial charge < -0.3 is 29.5 Å². The number of morpholine rings is 1. The number of aryl methyl sites for hydroxylation is 1. The van der Waals surface area contributed by atoms with Crippen LogP contribution in [0.15, 0.2) is 30.5 Å². The number of fused-ring (bicyclic) bond motifs is 6. The molecule has 12 nitrogen and oxygen atoms in total. The van der Waals surface area contributed by atoms with Crippen LogP contribution < -0.4 is 15.0 Å². The maximum Gasteiger partial charge on any atom is 0.407 e. The molecule has 0 unspecified atom stereocenters. The van der Waals surface area contributed by atoms with Gasteiger partial charge in [0.1, 0.15) is 28.6 Å². The molecule has 266 valence electrons. The number of hydrogen-bond acceptors (Lipinski definition) is 11. The molecule has 9 rings (SSSR count). The van der Waals surface area contributed by atoms with Crippen LogP contribution in [0.4, 0.5) is 19.4 Å². The molecule has 4 aromatic rings. The molecule has 2 N–H and O–H groups in total. The second kappa shape index (κ2) is 13.0. The number of halogens is 2. The first kappa shape index (κ1) is 33.3. The Labute approximate surface area is 293 Å². The van der Waals surface area contributed by atoms with Crippen molar-refractivity contribution >= 4 is 33.6 Å². The van der Waals surface area contributed by atoms with E-state index in [0.717, 1.165) is 32.5 Å². The van der Waals surface area contributed by atoms with Crippen molar-refractivity contribution in [1.82, 2.24) is 25.2 Å². The number of hydrogen-bond donors (Lipinski definition) is 2. The summed E-state index contributed by atoms with van der Waals surface area (Å²) in [4.78, 5) is 31.3. The van der Waals surface area contributed by atoms with Gasteiger partial charge in [-0.15, -0.1) is 0 Å². The minimum Gasteiger partial charge on any atom is -0.508 e. The lowest BCUT2D eigenvalue weighted by molar-refractivity contribution is 0.0231. The topological polar surface area (TPSA) is 146 Å². The number of nitriles is 1. The third-order valence-electron chi connectivity index (χ3n) is 10.5. The lowest BCUT2D eigenvalue weighted by Crippen LogP contribution is -2.59. The van der Waals surface area contributed by atoms with Gasteiger partial charge in [-0.05, 0) is 73.6 Å². The minimum atomic E-state index is -0.907. The Balaban J connectivity index is 1.28. The number of nitrogens with zero attached hydrogens (tertiary/aromatic N) is 6. The van der Waals surface area contributed by atoms with Crippen LogP contribution in [0.5, 0.6) is 11.8 Å². The number of anilines is 1. The van der Waals surface area contributed by atoms with Crippen molar-refractivity contribution in [2.24, 2.45) is 11.3 Å². The lowest BCUT2D eigenvalue weighted by atomic mass is 9.84. The number of nitrogens with one attached hydrogen (secondary N) is 1. The lowest BCUT2D eigenvalue weighted by Gasteiger charge is -2.43. The minimum absolute atomic E-state index is 0.00408. The van der Waals surface area contributed by atoms with Gasteiger partial charge in [0, 0.05) is 49.9 Å². The van der Waals surface area contributed by atoms with Gasteiger partial charge in [0.05, 0.1) is 49.3 Å². The highest BCUT2D eigenvalue weighted by molar-refractivity contribution is 6.01. The van der Waals surface area contributed by atoms with E-state index in [9.17, 15) is 15.2 Å². The molecule has 6 bridgehead atoms. The SMILES string of the molecule is C[C@]12C[C@H](C#N)CN(C1)c1nc(OCC3(CN4CCOCC4)CC3)nc3c(F)c(ncc13)-c1cc(O)cc3ccc(F)c(c13)CCCOC(=O)N2. The highest BCUT2D eigenvalue weighted by atomic mass is 19.1. The maximum absolute atomic E-state index is 17.1. The first-order valence-electron chi connectivity index (χ1n) is 17.5. The van der Waals surface area contributed by atoms with Crippen molar-refractivity contribution in [1.29, 1.82) is 5.26 Å². The Morgan fingerprint density at radius 1 is 1.18 bits per heavy atom. The predicted octanol–water partition coefficient (Wildman–Crippen LogP) is 5.10. The van der Waals surface area contributed by atoms with Crippen molar-refractivity contribution < 1.29 is 32.9 Å². The molecule has 2 aromatic heterocycles. The van der Waals surface area contributed by atoms with Crippen molar-refractivity contribution in [3.63, 3.8) is 0 Å². The Hall–Kier alpha value is -4.87. The molecule has 2 atom stereocenters. The molecule has 5 aliphatic rings. The number of piperidine rings is 1. The molecule has 2 saturated heterocycles. The van der Waals surface area contributed by atoms with Gasteiger partial charge in [0.25, 0.3) is 0 Å². The molecule has 0 radical (unpaired) electrons. The number of amides is 1. The smallest absolute Gasteiger partial charge is 0.407 e. The number of alkyl carbamates (subject to hydrolysis) is 1. The van der Waals surface area contributed by atoms with Crippen LogP contribution in [0.25, 0.3) is 32.9 Å². The quantitative estimate of drug-likeness (QED) is 0.287. The molecular weight excluding hydrogens is 660 g/mol. The molecule has 1 saturated carbocycles. The van der Waals surface area contributed by atoms with Crippen molar-refractivity contribution in [3.8, 4) is 29.1 Å². The second-order valence-electron chi connectivity index (χ2n) is 14.6. The van der Waals surface area contributed by atoms with E-state index in [1.165, 1.54) is 30.5 Å². The van der Waals surface area contributed by atoms with Gasteiger partial charge in [0.2, 0.25) is 0 Å². The normalized spacial score (nSPS) is 23.5. The number of phenolic OH excluding ortho intramolecular Hbond substituents is 1. The number of ether oxygens (including phenoxy) is 3. The van der Waals surface area contributed by atoms with E-state index in [1.54, 1.807) is 0 Å². The van der Waals surface area contributed by atoms with E-state index < -0.39 is 29.2 Å². The molecule has 3 fully saturated rings. The molecule has 2 aromatic carbocycles. The number of carbonyl (C=O) groups is 1. The van der Waals surface area contributed by atoms with Crippen molar-refractivity contribution in [2.45, 2.75) is 44.6 Å². The van der Waals surface area contributed by atoms with E-state index in [4.69, 9.17) is 19.2 Å². The van der Waals surface area contributed by atoms with Crippen LogP contribution in [-0.4, -0.2) is 95.7 Å². The Morgan fingerprint density at radius 3 is 2.78 bits per heavy atom. The molecule has 51 heavy (non-hydrogen) atoms. The number of aromatic nitrogens is 3. The summed E-state index contributed by atoms with van der Waals surface area (Å²) in [5.74, 6) is -1.63. The molecule has 6 heterocycles. The zero-order valence-electron chi connectivity index (χ0n) is 28.4. The summed E-state index contributed by atoms with van der Waals surface area (Å²) in [6, 6.07) is 8.00. The summed E-state index contributed by atoms with van der Waals surface area (Å²) >= 11 is 0.